The zero-order chi connectivity index (χ0) is 20.6. The molecule has 2 aromatic rings. The second-order valence-corrected chi connectivity index (χ2v) is 8.31. The van der Waals surface area contributed by atoms with Crippen molar-refractivity contribution < 1.29 is 19.4 Å². The Labute approximate surface area is 175 Å². The standard InChI is InChI=1S/C20H27N3O2S.CH2O2/c1-24-18-7-5-6-17(19(18)25-2)15-8-11-22(13-15)14-16-12-21-20(26-16)23-9-3-4-10-23;2-1-3/h5-7,12,15H,3-4,8-11,13-14H2,1-2H3;1H,(H,2,3). The number of carbonyl (C=O) groups is 1. The van der Waals surface area contributed by atoms with Crippen LogP contribution in [0.5, 0.6) is 11.5 Å². The lowest BCUT2D eigenvalue weighted by Crippen LogP contribution is -2.19. The van der Waals surface area contributed by atoms with Crippen LogP contribution in [0.15, 0.2) is 24.4 Å². The summed E-state index contributed by atoms with van der Waals surface area (Å²) in [5.74, 6) is 2.20. The molecule has 0 saturated carbocycles. The maximum Gasteiger partial charge on any atom is 0.290 e. The van der Waals surface area contributed by atoms with Crippen LogP contribution in [0.3, 0.4) is 0 Å². The van der Waals surface area contributed by atoms with Crippen LogP contribution in [-0.2, 0) is 11.3 Å². The molecule has 1 aromatic carbocycles. The number of methoxy groups -OCH3 is 2. The van der Waals surface area contributed by atoms with Gasteiger partial charge in [0.1, 0.15) is 0 Å². The molecule has 1 atom stereocenters. The van der Waals surface area contributed by atoms with Crippen molar-refractivity contribution >= 4 is 22.9 Å². The Morgan fingerprint density at radius 1 is 1.24 bits per heavy atom. The van der Waals surface area contributed by atoms with E-state index in [9.17, 15) is 0 Å². The van der Waals surface area contributed by atoms with Crippen LogP contribution in [0, 0.1) is 0 Å². The molecule has 0 spiro atoms. The number of thiazole rings is 1. The number of hydrogen-bond donors (Lipinski definition) is 1. The quantitative estimate of drug-likeness (QED) is 0.719. The van der Waals surface area contributed by atoms with E-state index in [4.69, 9.17) is 19.4 Å². The van der Waals surface area contributed by atoms with Crippen molar-refractivity contribution in [2.75, 3.05) is 45.3 Å². The Balaban J connectivity index is 0.000000755. The number of rotatable bonds is 6. The van der Waals surface area contributed by atoms with Crippen molar-refractivity contribution in [1.82, 2.24) is 9.88 Å². The molecule has 158 valence electrons. The highest BCUT2D eigenvalue weighted by Crippen LogP contribution is 2.39. The van der Waals surface area contributed by atoms with Gasteiger partial charge < -0.3 is 19.5 Å². The summed E-state index contributed by atoms with van der Waals surface area (Å²) >= 11 is 1.86. The monoisotopic (exact) mass is 419 g/mol. The van der Waals surface area contributed by atoms with Crippen molar-refractivity contribution in [3.63, 3.8) is 0 Å². The third kappa shape index (κ3) is 5.19. The van der Waals surface area contributed by atoms with Crippen molar-refractivity contribution in [2.24, 2.45) is 0 Å². The highest BCUT2D eigenvalue weighted by Gasteiger charge is 2.28. The summed E-state index contributed by atoms with van der Waals surface area (Å²) in [7, 11) is 3.43. The smallest absolute Gasteiger partial charge is 0.290 e. The maximum atomic E-state index is 8.36. The Hall–Kier alpha value is -2.32. The number of carboxylic acid groups (broad SMARTS) is 1. The maximum absolute atomic E-state index is 8.36. The number of para-hydroxylation sites is 1. The second-order valence-electron chi connectivity index (χ2n) is 7.21. The fourth-order valence-electron chi connectivity index (χ4n) is 4.11. The van der Waals surface area contributed by atoms with Crippen LogP contribution in [0.4, 0.5) is 5.13 Å². The Bertz CT molecular complexity index is 792. The summed E-state index contributed by atoms with van der Waals surface area (Å²) in [6, 6.07) is 6.20. The van der Waals surface area contributed by atoms with E-state index in [-0.39, 0.29) is 6.47 Å². The third-order valence-corrected chi connectivity index (χ3v) is 6.49. The lowest BCUT2D eigenvalue weighted by molar-refractivity contribution is -0.122. The minimum atomic E-state index is -0.250. The van der Waals surface area contributed by atoms with Gasteiger partial charge in [0.05, 0.1) is 14.2 Å². The molecule has 2 aliphatic rings. The minimum absolute atomic E-state index is 0.250. The van der Waals surface area contributed by atoms with Gasteiger partial charge in [-0.05, 0) is 31.9 Å². The van der Waals surface area contributed by atoms with E-state index in [0.717, 1.165) is 50.6 Å². The summed E-state index contributed by atoms with van der Waals surface area (Å²) in [6.45, 7) is 5.24. The number of hydrogen-bond acceptors (Lipinski definition) is 7. The van der Waals surface area contributed by atoms with Gasteiger partial charge in [-0.1, -0.05) is 12.1 Å². The van der Waals surface area contributed by atoms with Gasteiger partial charge in [-0.2, -0.15) is 0 Å². The van der Waals surface area contributed by atoms with Crippen molar-refractivity contribution in [3.05, 3.63) is 34.8 Å². The van der Waals surface area contributed by atoms with Gasteiger partial charge in [0.25, 0.3) is 6.47 Å². The average Bonchev–Trinajstić information content (AvgIpc) is 3.50. The summed E-state index contributed by atoms with van der Waals surface area (Å²) in [6.07, 6.45) is 5.81. The molecule has 29 heavy (non-hydrogen) atoms. The number of ether oxygens (including phenoxy) is 2. The molecule has 2 fully saturated rings. The first-order valence-corrected chi connectivity index (χ1v) is 10.7. The molecular formula is C21H29N3O4S. The van der Waals surface area contributed by atoms with Gasteiger partial charge in [-0.15, -0.1) is 11.3 Å². The van der Waals surface area contributed by atoms with Crippen LogP contribution in [-0.4, -0.2) is 61.9 Å². The van der Waals surface area contributed by atoms with Crippen molar-refractivity contribution in [2.45, 2.75) is 31.7 Å². The van der Waals surface area contributed by atoms with E-state index in [1.54, 1.807) is 14.2 Å². The van der Waals surface area contributed by atoms with Crippen molar-refractivity contribution in [1.29, 1.82) is 0 Å². The zero-order valence-electron chi connectivity index (χ0n) is 17.0. The molecule has 1 unspecified atom stereocenters. The third-order valence-electron chi connectivity index (χ3n) is 5.44. The molecule has 1 aromatic heterocycles. The molecule has 0 amide bonds. The SMILES string of the molecule is COc1cccc(C2CCN(Cc3cnc(N4CCCC4)s3)C2)c1OC.O=CO. The molecule has 4 rings (SSSR count). The predicted octanol–water partition coefficient (Wildman–Crippen LogP) is 3.45. The molecule has 0 aliphatic carbocycles. The summed E-state index contributed by atoms with van der Waals surface area (Å²) in [4.78, 5) is 19.3. The second kappa shape index (κ2) is 10.5. The minimum Gasteiger partial charge on any atom is -0.493 e. The average molecular weight is 420 g/mol. The fourth-order valence-corrected chi connectivity index (χ4v) is 5.11. The van der Waals surface area contributed by atoms with E-state index in [2.05, 4.69) is 33.1 Å². The van der Waals surface area contributed by atoms with Gasteiger partial charge in [-0.25, -0.2) is 4.98 Å². The van der Waals surface area contributed by atoms with E-state index in [1.165, 1.54) is 28.4 Å². The lowest BCUT2D eigenvalue weighted by atomic mass is 9.97. The van der Waals surface area contributed by atoms with Crippen molar-refractivity contribution in [3.8, 4) is 11.5 Å². The summed E-state index contributed by atoms with van der Waals surface area (Å²) in [5.41, 5.74) is 1.26. The van der Waals surface area contributed by atoms with Gasteiger partial charge >= 0.3 is 0 Å². The van der Waals surface area contributed by atoms with E-state index < -0.39 is 0 Å². The molecule has 2 aliphatic heterocycles. The normalized spacial score (nSPS) is 19.0. The number of nitrogens with zero attached hydrogens (tertiary/aromatic N) is 3. The Kier molecular flexibility index (Phi) is 7.71. The molecule has 3 heterocycles. The van der Waals surface area contributed by atoms with Gasteiger partial charge in [0.2, 0.25) is 0 Å². The molecule has 0 bridgehead atoms. The highest BCUT2D eigenvalue weighted by molar-refractivity contribution is 7.15. The first-order valence-electron chi connectivity index (χ1n) is 9.90. The largest absolute Gasteiger partial charge is 0.493 e. The first-order chi connectivity index (χ1) is 14.2. The van der Waals surface area contributed by atoms with Gasteiger partial charge in [0, 0.05) is 48.7 Å². The number of likely N-dealkylation sites (tertiary alicyclic amines) is 1. The molecule has 8 heteroatoms. The van der Waals surface area contributed by atoms with Gasteiger partial charge in [-0.3, -0.25) is 9.69 Å². The topological polar surface area (TPSA) is 75.1 Å². The summed E-state index contributed by atoms with van der Waals surface area (Å²) in [5, 5.41) is 8.09. The van der Waals surface area contributed by atoms with Crippen LogP contribution >= 0.6 is 11.3 Å². The number of anilines is 1. The van der Waals surface area contributed by atoms with Crippen LogP contribution < -0.4 is 14.4 Å². The fraction of sp³-hybridized carbons (Fsp3) is 0.524. The lowest BCUT2D eigenvalue weighted by Gasteiger charge is -2.18. The predicted molar refractivity (Wildman–Crippen MR) is 114 cm³/mol. The zero-order valence-corrected chi connectivity index (χ0v) is 17.9. The highest BCUT2D eigenvalue weighted by atomic mass is 32.1. The van der Waals surface area contributed by atoms with Crippen LogP contribution in [0.1, 0.15) is 35.6 Å². The first kappa shape index (κ1) is 21.4. The van der Waals surface area contributed by atoms with Crippen LogP contribution in [0.25, 0.3) is 0 Å². The van der Waals surface area contributed by atoms with Gasteiger partial charge in [0.15, 0.2) is 16.6 Å². The molecule has 0 radical (unpaired) electrons. The molecule has 1 N–H and O–H groups in total. The molecule has 2 saturated heterocycles. The van der Waals surface area contributed by atoms with Crippen LogP contribution in [0.2, 0.25) is 0 Å². The molecular weight excluding hydrogens is 390 g/mol. The molecule has 7 nitrogen and oxygen atoms in total. The van der Waals surface area contributed by atoms with E-state index >= 15 is 0 Å². The number of benzene rings is 1. The Morgan fingerprint density at radius 3 is 2.69 bits per heavy atom. The Morgan fingerprint density at radius 2 is 2.00 bits per heavy atom. The summed E-state index contributed by atoms with van der Waals surface area (Å²) < 4.78 is 11.1. The number of aromatic nitrogens is 1. The van der Waals surface area contributed by atoms with E-state index in [1.807, 2.05) is 17.4 Å². The van der Waals surface area contributed by atoms with E-state index in [0.29, 0.717) is 5.92 Å².